The van der Waals surface area contributed by atoms with Gasteiger partial charge in [-0.05, 0) is 55.2 Å². The number of aryl methyl sites for hydroxylation is 1. The zero-order chi connectivity index (χ0) is 23.8. The van der Waals surface area contributed by atoms with Gasteiger partial charge in [-0.15, -0.1) is 0 Å². The molecule has 0 fully saturated rings. The summed E-state index contributed by atoms with van der Waals surface area (Å²) in [4.78, 5) is 28.8. The van der Waals surface area contributed by atoms with Crippen LogP contribution < -0.4 is 5.32 Å². The second-order valence-electron chi connectivity index (χ2n) is 8.62. The van der Waals surface area contributed by atoms with Gasteiger partial charge in [0.25, 0.3) is 0 Å². The quantitative estimate of drug-likeness (QED) is 0.418. The van der Waals surface area contributed by atoms with Crippen LogP contribution in [0.25, 0.3) is 0 Å². The Morgan fingerprint density at radius 1 is 0.909 bits per heavy atom. The number of carbonyl (C=O) groups is 2. The molecule has 0 bridgehead atoms. The van der Waals surface area contributed by atoms with Crippen LogP contribution in [0.2, 0.25) is 0 Å². The number of benzene rings is 3. The molecule has 1 atom stereocenters. The molecule has 0 aliphatic heterocycles. The SMILES string of the molecule is Cc1ccccc1CC(=O)N(Cc1cccc(Br)c1)[C@H](Cc1ccccc1)C(=O)NC(C)C. The number of amides is 2. The monoisotopic (exact) mass is 506 g/mol. The van der Waals surface area contributed by atoms with E-state index in [4.69, 9.17) is 0 Å². The fourth-order valence-corrected chi connectivity index (χ4v) is 4.29. The summed E-state index contributed by atoms with van der Waals surface area (Å²) < 4.78 is 0.942. The predicted octanol–water partition coefficient (Wildman–Crippen LogP) is 5.46. The summed E-state index contributed by atoms with van der Waals surface area (Å²) >= 11 is 3.52. The molecule has 1 N–H and O–H groups in total. The van der Waals surface area contributed by atoms with Crippen molar-refractivity contribution in [2.75, 3.05) is 0 Å². The third-order valence-electron chi connectivity index (χ3n) is 5.55. The van der Waals surface area contributed by atoms with Crippen molar-refractivity contribution in [3.63, 3.8) is 0 Å². The zero-order valence-corrected chi connectivity index (χ0v) is 21.0. The maximum absolute atomic E-state index is 13.7. The van der Waals surface area contributed by atoms with E-state index in [1.165, 1.54) is 0 Å². The van der Waals surface area contributed by atoms with E-state index < -0.39 is 6.04 Å². The summed E-state index contributed by atoms with van der Waals surface area (Å²) in [6, 6.07) is 25.0. The predicted molar refractivity (Wildman–Crippen MR) is 137 cm³/mol. The van der Waals surface area contributed by atoms with Crippen LogP contribution in [0.1, 0.15) is 36.1 Å². The average molecular weight is 507 g/mol. The third-order valence-corrected chi connectivity index (χ3v) is 6.04. The Bertz CT molecular complexity index is 1080. The largest absolute Gasteiger partial charge is 0.352 e. The van der Waals surface area contributed by atoms with Crippen molar-refractivity contribution < 1.29 is 9.59 Å². The summed E-state index contributed by atoms with van der Waals surface area (Å²) in [5.41, 5.74) is 4.03. The number of hydrogen-bond donors (Lipinski definition) is 1. The zero-order valence-electron chi connectivity index (χ0n) is 19.4. The molecule has 33 heavy (non-hydrogen) atoms. The van der Waals surface area contributed by atoms with Gasteiger partial charge in [0.15, 0.2) is 0 Å². The number of rotatable bonds is 9. The van der Waals surface area contributed by atoms with Crippen molar-refractivity contribution in [2.45, 2.75) is 52.2 Å². The molecule has 0 heterocycles. The number of nitrogens with one attached hydrogen (secondary N) is 1. The van der Waals surface area contributed by atoms with Gasteiger partial charge in [0.05, 0.1) is 6.42 Å². The minimum atomic E-state index is -0.620. The summed E-state index contributed by atoms with van der Waals surface area (Å²) in [5.74, 6) is -0.203. The van der Waals surface area contributed by atoms with Gasteiger partial charge in [0.2, 0.25) is 11.8 Å². The number of carbonyl (C=O) groups excluding carboxylic acids is 2. The van der Waals surface area contributed by atoms with Gasteiger partial charge in [-0.1, -0.05) is 82.7 Å². The highest BCUT2D eigenvalue weighted by molar-refractivity contribution is 9.10. The highest BCUT2D eigenvalue weighted by Crippen LogP contribution is 2.20. The lowest BCUT2D eigenvalue weighted by atomic mass is 10.00. The van der Waals surface area contributed by atoms with E-state index in [0.29, 0.717) is 13.0 Å². The standard InChI is InChI=1S/C28H31BrN2O2/c1-20(2)30-28(33)26(17-22-11-5-4-6-12-22)31(19-23-13-9-15-25(29)16-23)27(32)18-24-14-8-7-10-21(24)3/h4-16,20,26H,17-19H2,1-3H3,(H,30,33)/t26-/m1/s1. The first-order valence-corrected chi connectivity index (χ1v) is 12.1. The second-order valence-corrected chi connectivity index (χ2v) is 9.54. The molecular weight excluding hydrogens is 476 g/mol. The van der Waals surface area contributed by atoms with Crippen LogP contribution in [0.5, 0.6) is 0 Å². The molecule has 0 aliphatic rings. The molecule has 0 saturated carbocycles. The van der Waals surface area contributed by atoms with Crippen LogP contribution in [0.15, 0.2) is 83.3 Å². The molecule has 4 nitrogen and oxygen atoms in total. The van der Waals surface area contributed by atoms with Crippen molar-refractivity contribution in [2.24, 2.45) is 0 Å². The Kier molecular flexibility index (Phi) is 8.84. The lowest BCUT2D eigenvalue weighted by Crippen LogP contribution is -2.52. The maximum atomic E-state index is 13.7. The summed E-state index contributed by atoms with van der Waals surface area (Å²) in [5, 5.41) is 3.03. The van der Waals surface area contributed by atoms with Gasteiger partial charge in [0.1, 0.15) is 6.04 Å². The lowest BCUT2D eigenvalue weighted by Gasteiger charge is -2.32. The van der Waals surface area contributed by atoms with Crippen molar-refractivity contribution in [1.29, 1.82) is 0 Å². The molecule has 3 rings (SSSR count). The molecule has 0 spiro atoms. The molecule has 3 aromatic rings. The van der Waals surface area contributed by atoms with Crippen LogP contribution in [-0.2, 0) is 29.0 Å². The summed E-state index contributed by atoms with van der Waals surface area (Å²) in [6.07, 6.45) is 0.702. The summed E-state index contributed by atoms with van der Waals surface area (Å²) in [6.45, 7) is 6.23. The first kappa shape index (κ1) is 24.7. The van der Waals surface area contributed by atoms with Crippen LogP contribution >= 0.6 is 15.9 Å². The first-order valence-electron chi connectivity index (χ1n) is 11.3. The Balaban J connectivity index is 1.98. The molecule has 3 aromatic carbocycles. The molecule has 0 saturated heterocycles. The highest BCUT2D eigenvalue weighted by Gasteiger charge is 2.31. The van der Waals surface area contributed by atoms with Crippen LogP contribution in [0, 0.1) is 6.92 Å². The van der Waals surface area contributed by atoms with Crippen molar-refractivity contribution in [3.8, 4) is 0 Å². The minimum absolute atomic E-state index is 0.0186. The normalized spacial score (nSPS) is 11.8. The lowest BCUT2D eigenvalue weighted by molar-refractivity contribution is -0.141. The number of halogens is 1. The molecule has 172 valence electrons. The van der Waals surface area contributed by atoms with E-state index in [-0.39, 0.29) is 24.3 Å². The summed E-state index contributed by atoms with van der Waals surface area (Å²) in [7, 11) is 0. The molecule has 0 aliphatic carbocycles. The van der Waals surface area contributed by atoms with Gasteiger partial charge in [0, 0.05) is 23.5 Å². The Labute approximate surface area is 205 Å². The number of hydrogen-bond acceptors (Lipinski definition) is 2. The van der Waals surface area contributed by atoms with Crippen molar-refractivity contribution in [3.05, 3.63) is 106 Å². The fraction of sp³-hybridized carbons (Fsp3) is 0.286. The molecular formula is C28H31BrN2O2. The molecule has 5 heteroatoms. The van der Waals surface area contributed by atoms with Crippen molar-refractivity contribution >= 4 is 27.7 Å². The van der Waals surface area contributed by atoms with E-state index in [9.17, 15) is 9.59 Å². The van der Waals surface area contributed by atoms with Crippen LogP contribution in [-0.4, -0.2) is 28.8 Å². The molecule has 2 amide bonds. The molecule has 0 aromatic heterocycles. The van der Waals surface area contributed by atoms with Gasteiger partial charge >= 0.3 is 0 Å². The second kappa shape index (κ2) is 11.8. The minimum Gasteiger partial charge on any atom is -0.352 e. The van der Waals surface area contributed by atoms with E-state index in [1.807, 2.05) is 99.6 Å². The van der Waals surface area contributed by atoms with E-state index in [1.54, 1.807) is 4.90 Å². The van der Waals surface area contributed by atoms with Gasteiger partial charge < -0.3 is 10.2 Å². The third kappa shape index (κ3) is 7.29. The van der Waals surface area contributed by atoms with E-state index >= 15 is 0 Å². The van der Waals surface area contributed by atoms with E-state index in [0.717, 1.165) is 26.7 Å². The fourth-order valence-electron chi connectivity index (χ4n) is 3.84. The Morgan fingerprint density at radius 2 is 1.58 bits per heavy atom. The highest BCUT2D eigenvalue weighted by atomic mass is 79.9. The number of nitrogens with zero attached hydrogens (tertiary/aromatic N) is 1. The van der Waals surface area contributed by atoms with Crippen molar-refractivity contribution in [1.82, 2.24) is 10.2 Å². The smallest absolute Gasteiger partial charge is 0.243 e. The molecule has 0 radical (unpaired) electrons. The maximum Gasteiger partial charge on any atom is 0.243 e. The van der Waals surface area contributed by atoms with Crippen LogP contribution in [0.4, 0.5) is 0 Å². The first-order chi connectivity index (χ1) is 15.8. The van der Waals surface area contributed by atoms with Gasteiger partial charge in [-0.2, -0.15) is 0 Å². The average Bonchev–Trinajstić information content (AvgIpc) is 2.78. The topological polar surface area (TPSA) is 49.4 Å². The van der Waals surface area contributed by atoms with Gasteiger partial charge in [-0.3, -0.25) is 9.59 Å². The Hall–Kier alpha value is -2.92. The van der Waals surface area contributed by atoms with Crippen LogP contribution in [0.3, 0.4) is 0 Å². The Morgan fingerprint density at radius 3 is 2.24 bits per heavy atom. The van der Waals surface area contributed by atoms with Gasteiger partial charge in [-0.25, -0.2) is 0 Å². The van der Waals surface area contributed by atoms with E-state index in [2.05, 4.69) is 21.2 Å². The molecule has 0 unspecified atom stereocenters.